The van der Waals surface area contributed by atoms with Crippen molar-refractivity contribution in [1.82, 2.24) is 4.90 Å². The molecular weight excluding hydrogens is 254 g/mol. The van der Waals surface area contributed by atoms with Crippen LogP contribution in [0.1, 0.15) is 58.3 Å². The van der Waals surface area contributed by atoms with Gasteiger partial charge >= 0.3 is 5.97 Å². The maximum absolute atomic E-state index is 12.6. The summed E-state index contributed by atoms with van der Waals surface area (Å²) in [5.74, 6) is 0.647. The normalized spacial score (nSPS) is 38.0. The van der Waals surface area contributed by atoms with Crippen LogP contribution in [0, 0.1) is 17.8 Å². The lowest BCUT2D eigenvalue weighted by Gasteiger charge is -2.32. The summed E-state index contributed by atoms with van der Waals surface area (Å²) in [6.07, 6.45) is 8.89. The van der Waals surface area contributed by atoms with Crippen molar-refractivity contribution in [2.24, 2.45) is 17.8 Å². The lowest BCUT2D eigenvalue weighted by Crippen LogP contribution is -2.51. The van der Waals surface area contributed by atoms with E-state index in [9.17, 15) is 14.7 Å². The Bertz CT molecular complexity index is 416. The van der Waals surface area contributed by atoms with Crippen molar-refractivity contribution in [2.45, 2.75) is 63.8 Å². The molecule has 1 heterocycles. The van der Waals surface area contributed by atoms with Crippen LogP contribution < -0.4 is 0 Å². The number of hydrogen-bond donors (Lipinski definition) is 1. The standard InChI is InChI=1S/C16H25NO3/c1-16(15(19)20)8-5-9-17(16)14(18)13-10-12(13)11-6-3-2-4-7-11/h11-13H,2-10H2,1H3,(H,19,20). The molecule has 3 fully saturated rings. The van der Waals surface area contributed by atoms with Gasteiger partial charge in [0.05, 0.1) is 0 Å². The molecular formula is C16H25NO3. The molecule has 0 aromatic carbocycles. The third-order valence-corrected chi connectivity index (χ3v) is 5.78. The molecule has 1 saturated heterocycles. The first-order valence-electron chi connectivity index (χ1n) is 8.09. The summed E-state index contributed by atoms with van der Waals surface area (Å²) in [5.41, 5.74) is -0.962. The largest absolute Gasteiger partial charge is 0.480 e. The molecule has 3 rings (SSSR count). The zero-order valence-corrected chi connectivity index (χ0v) is 12.3. The van der Waals surface area contributed by atoms with Crippen molar-refractivity contribution >= 4 is 11.9 Å². The predicted molar refractivity (Wildman–Crippen MR) is 75.2 cm³/mol. The van der Waals surface area contributed by atoms with Gasteiger partial charge in [-0.15, -0.1) is 0 Å². The van der Waals surface area contributed by atoms with E-state index in [1.54, 1.807) is 11.8 Å². The minimum Gasteiger partial charge on any atom is -0.480 e. The van der Waals surface area contributed by atoms with E-state index >= 15 is 0 Å². The average Bonchev–Trinajstić information content (AvgIpc) is 3.15. The van der Waals surface area contributed by atoms with E-state index in [0.717, 1.165) is 18.8 Å². The SMILES string of the molecule is CC1(C(=O)O)CCCN1C(=O)C1CC1C1CCCCC1. The fraction of sp³-hybridized carbons (Fsp3) is 0.875. The van der Waals surface area contributed by atoms with Crippen molar-refractivity contribution in [1.29, 1.82) is 0 Å². The smallest absolute Gasteiger partial charge is 0.329 e. The highest BCUT2D eigenvalue weighted by Gasteiger charge is 2.54. The monoisotopic (exact) mass is 279 g/mol. The van der Waals surface area contributed by atoms with Crippen LogP contribution in [0.15, 0.2) is 0 Å². The molecule has 3 atom stereocenters. The van der Waals surface area contributed by atoms with Crippen molar-refractivity contribution in [3.8, 4) is 0 Å². The van der Waals surface area contributed by atoms with Gasteiger partial charge in [-0.05, 0) is 38.0 Å². The Morgan fingerprint density at radius 1 is 1.15 bits per heavy atom. The number of carboxylic acid groups (broad SMARTS) is 1. The first-order valence-corrected chi connectivity index (χ1v) is 8.09. The molecule has 0 bridgehead atoms. The van der Waals surface area contributed by atoms with Gasteiger partial charge in [0.2, 0.25) is 5.91 Å². The number of amides is 1. The highest BCUT2D eigenvalue weighted by atomic mass is 16.4. The highest BCUT2D eigenvalue weighted by Crippen LogP contribution is 2.51. The molecule has 0 radical (unpaired) electrons. The van der Waals surface area contributed by atoms with E-state index in [0.29, 0.717) is 18.9 Å². The molecule has 3 unspecified atom stereocenters. The molecule has 1 N–H and O–H groups in total. The summed E-state index contributed by atoms with van der Waals surface area (Å²) < 4.78 is 0. The Hall–Kier alpha value is -1.06. The summed E-state index contributed by atoms with van der Waals surface area (Å²) in [5, 5.41) is 9.41. The average molecular weight is 279 g/mol. The molecule has 112 valence electrons. The van der Waals surface area contributed by atoms with Crippen molar-refractivity contribution in [3.05, 3.63) is 0 Å². The minimum atomic E-state index is -0.962. The van der Waals surface area contributed by atoms with Gasteiger partial charge in [0.1, 0.15) is 5.54 Å². The first kappa shape index (κ1) is 13.9. The molecule has 1 amide bonds. The van der Waals surface area contributed by atoms with E-state index in [1.165, 1.54) is 32.1 Å². The number of aliphatic carboxylic acids is 1. The molecule has 4 nitrogen and oxygen atoms in total. The lowest BCUT2D eigenvalue weighted by atomic mass is 9.85. The molecule has 0 spiro atoms. The second-order valence-corrected chi connectivity index (χ2v) is 7.08. The van der Waals surface area contributed by atoms with Crippen molar-refractivity contribution in [3.63, 3.8) is 0 Å². The van der Waals surface area contributed by atoms with E-state index < -0.39 is 11.5 Å². The predicted octanol–water partition coefficient (Wildman–Crippen LogP) is 2.67. The molecule has 2 saturated carbocycles. The van der Waals surface area contributed by atoms with Crippen LogP contribution in [0.3, 0.4) is 0 Å². The fourth-order valence-corrected chi connectivity index (χ4v) is 4.32. The van der Waals surface area contributed by atoms with E-state index in [4.69, 9.17) is 0 Å². The van der Waals surface area contributed by atoms with Gasteiger partial charge in [0, 0.05) is 12.5 Å². The third-order valence-electron chi connectivity index (χ3n) is 5.78. The second kappa shape index (κ2) is 5.05. The summed E-state index contributed by atoms with van der Waals surface area (Å²) in [6.45, 7) is 2.33. The van der Waals surface area contributed by atoms with E-state index in [2.05, 4.69) is 0 Å². The Kier molecular flexibility index (Phi) is 3.51. The van der Waals surface area contributed by atoms with Gasteiger partial charge in [0.25, 0.3) is 0 Å². The van der Waals surface area contributed by atoms with Crippen LogP contribution in [0.25, 0.3) is 0 Å². The molecule has 20 heavy (non-hydrogen) atoms. The van der Waals surface area contributed by atoms with Crippen LogP contribution in [0.5, 0.6) is 0 Å². The Balaban J connectivity index is 1.64. The number of carbonyl (C=O) groups excluding carboxylic acids is 1. The summed E-state index contributed by atoms with van der Waals surface area (Å²) >= 11 is 0. The number of likely N-dealkylation sites (tertiary alicyclic amines) is 1. The Labute approximate surface area is 120 Å². The Morgan fingerprint density at radius 3 is 2.50 bits per heavy atom. The summed E-state index contributed by atoms with van der Waals surface area (Å²) in [7, 11) is 0. The Morgan fingerprint density at radius 2 is 1.85 bits per heavy atom. The number of nitrogens with zero attached hydrogens (tertiary/aromatic N) is 1. The van der Waals surface area contributed by atoms with Gasteiger partial charge < -0.3 is 10.0 Å². The van der Waals surface area contributed by atoms with Crippen molar-refractivity contribution < 1.29 is 14.7 Å². The summed E-state index contributed by atoms with van der Waals surface area (Å²) in [4.78, 5) is 25.8. The molecule has 2 aliphatic carbocycles. The quantitative estimate of drug-likeness (QED) is 0.864. The topological polar surface area (TPSA) is 57.6 Å². The van der Waals surface area contributed by atoms with Gasteiger partial charge in [-0.1, -0.05) is 32.1 Å². The van der Waals surface area contributed by atoms with Gasteiger partial charge in [-0.3, -0.25) is 4.79 Å². The van der Waals surface area contributed by atoms with Crippen LogP contribution in [0.4, 0.5) is 0 Å². The molecule has 0 aromatic heterocycles. The van der Waals surface area contributed by atoms with E-state index in [-0.39, 0.29) is 11.8 Å². The van der Waals surface area contributed by atoms with Crippen LogP contribution in [-0.2, 0) is 9.59 Å². The number of carboxylic acids is 1. The van der Waals surface area contributed by atoms with Crippen LogP contribution in [-0.4, -0.2) is 34.0 Å². The van der Waals surface area contributed by atoms with Crippen LogP contribution >= 0.6 is 0 Å². The highest BCUT2D eigenvalue weighted by molar-refractivity contribution is 5.89. The molecule has 1 aliphatic heterocycles. The fourth-order valence-electron chi connectivity index (χ4n) is 4.32. The zero-order valence-electron chi connectivity index (χ0n) is 12.3. The molecule has 0 aromatic rings. The maximum atomic E-state index is 12.6. The van der Waals surface area contributed by atoms with Gasteiger partial charge in [-0.25, -0.2) is 4.79 Å². The zero-order chi connectivity index (χ0) is 14.3. The third kappa shape index (κ3) is 2.23. The maximum Gasteiger partial charge on any atom is 0.329 e. The number of hydrogen-bond acceptors (Lipinski definition) is 2. The van der Waals surface area contributed by atoms with Gasteiger partial charge in [0.15, 0.2) is 0 Å². The van der Waals surface area contributed by atoms with E-state index in [1.807, 2.05) is 0 Å². The lowest BCUT2D eigenvalue weighted by molar-refractivity contribution is -0.156. The first-order chi connectivity index (χ1) is 9.54. The molecule has 3 aliphatic rings. The van der Waals surface area contributed by atoms with Crippen molar-refractivity contribution in [2.75, 3.05) is 6.54 Å². The minimum absolute atomic E-state index is 0.114. The van der Waals surface area contributed by atoms with Crippen LogP contribution in [0.2, 0.25) is 0 Å². The van der Waals surface area contributed by atoms with Gasteiger partial charge in [-0.2, -0.15) is 0 Å². The summed E-state index contributed by atoms with van der Waals surface area (Å²) in [6, 6.07) is 0. The molecule has 4 heteroatoms. The number of carbonyl (C=O) groups is 2. The second-order valence-electron chi connectivity index (χ2n) is 7.08. The number of rotatable bonds is 3.